The number of amides is 1. The normalized spacial score (nSPS) is 37.2. The quantitative estimate of drug-likeness (QED) is 0.805. The molecule has 1 saturated heterocycles. The highest BCUT2D eigenvalue weighted by Crippen LogP contribution is 2.25. The zero-order valence-electron chi connectivity index (χ0n) is 11.2. The van der Waals surface area contributed by atoms with Crippen LogP contribution in [-0.4, -0.2) is 35.9 Å². The molecule has 104 valence electrons. The smallest absolute Gasteiger partial charge is 0.225 e. The van der Waals surface area contributed by atoms with Gasteiger partial charge in [-0.3, -0.25) is 4.79 Å². The molecule has 4 heteroatoms. The summed E-state index contributed by atoms with van der Waals surface area (Å²) in [5, 5.41) is 12.6. The summed E-state index contributed by atoms with van der Waals surface area (Å²) in [4.78, 5) is 12.3. The van der Waals surface area contributed by atoms with Crippen LogP contribution in [0.5, 0.6) is 0 Å². The van der Waals surface area contributed by atoms with Crippen molar-refractivity contribution < 1.29 is 14.6 Å². The first-order valence-corrected chi connectivity index (χ1v) is 7.30. The molecular formula is C14H25NO3. The van der Waals surface area contributed by atoms with Gasteiger partial charge in [0, 0.05) is 12.6 Å². The van der Waals surface area contributed by atoms with E-state index in [1.54, 1.807) is 0 Å². The van der Waals surface area contributed by atoms with Crippen molar-refractivity contribution in [1.82, 2.24) is 5.32 Å². The van der Waals surface area contributed by atoms with E-state index < -0.39 is 0 Å². The second kappa shape index (κ2) is 6.53. The predicted octanol–water partition coefficient (Wildman–Crippen LogP) is 1.61. The molecule has 2 N–H and O–H groups in total. The monoisotopic (exact) mass is 255 g/mol. The summed E-state index contributed by atoms with van der Waals surface area (Å²) in [5.41, 5.74) is 0. The molecule has 0 aromatic carbocycles. The number of nitrogens with one attached hydrogen (secondary N) is 1. The third-order valence-electron chi connectivity index (χ3n) is 4.22. The molecule has 2 aliphatic rings. The predicted molar refractivity (Wildman–Crippen MR) is 69.2 cm³/mol. The van der Waals surface area contributed by atoms with Gasteiger partial charge in [0.1, 0.15) is 0 Å². The van der Waals surface area contributed by atoms with E-state index in [2.05, 4.69) is 12.2 Å². The minimum atomic E-state index is -0.167. The summed E-state index contributed by atoms with van der Waals surface area (Å²) in [6, 6.07) is 0.250. The molecule has 0 unspecified atom stereocenters. The van der Waals surface area contributed by atoms with E-state index in [-0.39, 0.29) is 30.1 Å². The van der Waals surface area contributed by atoms with Crippen molar-refractivity contribution in [2.24, 2.45) is 5.92 Å². The summed E-state index contributed by atoms with van der Waals surface area (Å²) in [7, 11) is 0. The van der Waals surface area contributed by atoms with Gasteiger partial charge in [0.05, 0.1) is 18.1 Å². The fourth-order valence-corrected chi connectivity index (χ4v) is 3.07. The molecule has 18 heavy (non-hydrogen) atoms. The molecule has 0 spiro atoms. The molecule has 0 aromatic heterocycles. The van der Waals surface area contributed by atoms with Crippen molar-refractivity contribution in [3.8, 4) is 0 Å². The van der Waals surface area contributed by atoms with Crippen LogP contribution < -0.4 is 5.32 Å². The number of ether oxygens (including phenoxy) is 1. The van der Waals surface area contributed by atoms with Crippen molar-refractivity contribution in [1.29, 1.82) is 0 Å². The van der Waals surface area contributed by atoms with Crippen LogP contribution in [0.15, 0.2) is 0 Å². The highest BCUT2D eigenvalue weighted by Gasteiger charge is 2.32. The standard InChI is InChI=1S/C14H25NO3/c1-2-13-12(4-3-9-18-13)14(17)15-10-5-7-11(16)8-6-10/h10-13,16H,2-9H2,1H3,(H,15,17)/t10?,11?,12-,13+/m1/s1. The Balaban J connectivity index is 1.82. The molecule has 1 amide bonds. The molecule has 2 fully saturated rings. The lowest BCUT2D eigenvalue weighted by Crippen LogP contribution is -2.46. The van der Waals surface area contributed by atoms with Crippen LogP contribution in [0.3, 0.4) is 0 Å². The van der Waals surface area contributed by atoms with Crippen molar-refractivity contribution in [3.63, 3.8) is 0 Å². The third kappa shape index (κ3) is 3.45. The van der Waals surface area contributed by atoms with Crippen LogP contribution in [0, 0.1) is 5.92 Å². The lowest BCUT2D eigenvalue weighted by atomic mass is 9.89. The van der Waals surface area contributed by atoms with Crippen LogP contribution in [0.2, 0.25) is 0 Å². The summed E-state index contributed by atoms with van der Waals surface area (Å²) in [6.07, 6.45) is 6.17. The molecule has 1 heterocycles. The first-order chi connectivity index (χ1) is 8.70. The molecule has 2 atom stereocenters. The lowest BCUT2D eigenvalue weighted by Gasteiger charge is -2.33. The number of hydrogen-bond acceptors (Lipinski definition) is 3. The Kier molecular flexibility index (Phi) is 5.01. The number of rotatable bonds is 3. The third-order valence-corrected chi connectivity index (χ3v) is 4.22. The number of carbonyl (C=O) groups excluding carboxylic acids is 1. The van der Waals surface area contributed by atoms with Gasteiger partial charge >= 0.3 is 0 Å². The average Bonchev–Trinajstić information content (AvgIpc) is 2.41. The fraction of sp³-hybridized carbons (Fsp3) is 0.929. The number of aliphatic hydroxyl groups is 1. The molecule has 0 radical (unpaired) electrons. The van der Waals surface area contributed by atoms with Crippen LogP contribution in [0.4, 0.5) is 0 Å². The Hall–Kier alpha value is -0.610. The summed E-state index contributed by atoms with van der Waals surface area (Å²) >= 11 is 0. The zero-order valence-corrected chi connectivity index (χ0v) is 11.2. The Morgan fingerprint density at radius 2 is 2.00 bits per heavy atom. The first-order valence-electron chi connectivity index (χ1n) is 7.30. The second-order valence-corrected chi connectivity index (χ2v) is 5.58. The van der Waals surface area contributed by atoms with E-state index >= 15 is 0 Å². The Morgan fingerprint density at radius 1 is 1.28 bits per heavy atom. The highest BCUT2D eigenvalue weighted by atomic mass is 16.5. The Morgan fingerprint density at radius 3 is 2.67 bits per heavy atom. The maximum atomic E-state index is 12.3. The van der Waals surface area contributed by atoms with Gasteiger partial charge in [-0.2, -0.15) is 0 Å². The van der Waals surface area contributed by atoms with Crippen molar-refractivity contribution in [2.45, 2.75) is 70.1 Å². The number of carbonyl (C=O) groups is 1. The van der Waals surface area contributed by atoms with E-state index in [0.717, 1.165) is 51.6 Å². The summed E-state index contributed by atoms with van der Waals surface area (Å²) in [6.45, 7) is 2.87. The minimum Gasteiger partial charge on any atom is -0.393 e. The topological polar surface area (TPSA) is 58.6 Å². The minimum absolute atomic E-state index is 0.0237. The largest absolute Gasteiger partial charge is 0.393 e. The van der Waals surface area contributed by atoms with E-state index in [4.69, 9.17) is 4.74 Å². The summed E-state index contributed by atoms with van der Waals surface area (Å²) < 4.78 is 5.67. The Labute approximate surface area is 109 Å². The highest BCUT2D eigenvalue weighted by molar-refractivity contribution is 5.79. The second-order valence-electron chi connectivity index (χ2n) is 5.58. The molecule has 4 nitrogen and oxygen atoms in total. The van der Waals surface area contributed by atoms with Gasteiger partial charge in [0.25, 0.3) is 0 Å². The van der Waals surface area contributed by atoms with Crippen molar-refractivity contribution in [2.75, 3.05) is 6.61 Å². The zero-order chi connectivity index (χ0) is 13.0. The summed E-state index contributed by atoms with van der Waals surface area (Å²) in [5.74, 6) is 0.179. The van der Waals surface area contributed by atoms with Crippen molar-refractivity contribution >= 4 is 5.91 Å². The number of aliphatic hydroxyl groups excluding tert-OH is 1. The maximum Gasteiger partial charge on any atom is 0.225 e. The van der Waals surface area contributed by atoms with Gasteiger partial charge < -0.3 is 15.2 Å². The van der Waals surface area contributed by atoms with Gasteiger partial charge in [-0.15, -0.1) is 0 Å². The van der Waals surface area contributed by atoms with Gasteiger partial charge in [-0.25, -0.2) is 0 Å². The molecular weight excluding hydrogens is 230 g/mol. The molecule has 2 rings (SSSR count). The van der Waals surface area contributed by atoms with E-state index in [9.17, 15) is 9.90 Å². The van der Waals surface area contributed by atoms with Crippen LogP contribution in [-0.2, 0) is 9.53 Å². The average molecular weight is 255 g/mol. The SMILES string of the molecule is CC[C@@H]1OCCC[C@H]1C(=O)NC1CCC(O)CC1. The maximum absolute atomic E-state index is 12.3. The van der Waals surface area contributed by atoms with Gasteiger partial charge in [0.2, 0.25) is 5.91 Å². The lowest BCUT2D eigenvalue weighted by molar-refractivity contribution is -0.135. The molecule has 0 aromatic rings. The first kappa shape index (κ1) is 13.8. The van der Waals surface area contributed by atoms with E-state index in [1.807, 2.05) is 0 Å². The van der Waals surface area contributed by atoms with Crippen LogP contribution >= 0.6 is 0 Å². The molecule has 0 bridgehead atoms. The van der Waals surface area contributed by atoms with Crippen LogP contribution in [0.25, 0.3) is 0 Å². The molecule has 1 aliphatic carbocycles. The molecule has 1 saturated carbocycles. The van der Waals surface area contributed by atoms with Gasteiger partial charge in [0.15, 0.2) is 0 Å². The van der Waals surface area contributed by atoms with E-state index in [1.165, 1.54) is 0 Å². The van der Waals surface area contributed by atoms with Gasteiger partial charge in [-0.1, -0.05) is 6.92 Å². The fourth-order valence-electron chi connectivity index (χ4n) is 3.07. The van der Waals surface area contributed by atoms with Gasteiger partial charge in [-0.05, 0) is 44.9 Å². The number of hydrogen-bond donors (Lipinski definition) is 2. The van der Waals surface area contributed by atoms with Crippen molar-refractivity contribution in [3.05, 3.63) is 0 Å². The van der Waals surface area contributed by atoms with Crippen LogP contribution in [0.1, 0.15) is 51.9 Å². The molecule has 1 aliphatic heterocycles. The van der Waals surface area contributed by atoms with E-state index in [0.29, 0.717) is 0 Å². The Bertz CT molecular complexity index is 274.